The molecule has 0 aromatic heterocycles. The number of fused-ring (bicyclic) bond motifs is 5. The quantitative estimate of drug-likeness (QED) is 0.0492. The van der Waals surface area contributed by atoms with Crippen molar-refractivity contribution in [2.45, 2.75) is 210 Å². The summed E-state index contributed by atoms with van der Waals surface area (Å²) in [5, 5.41) is 79.8. The number of nitrogens with one attached hydrogen (secondary N) is 1. The largest absolute Gasteiger partial charge is 0.446 e. The number of carbonyl (C=O) groups is 1. The predicted molar refractivity (Wildman–Crippen MR) is 265 cm³/mol. The van der Waals surface area contributed by atoms with Crippen molar-refractivity contribution in [2.75, 3.05) is 13.2 Å². The van der Waals surface area contributed by atoms with Crippen molar-refractivity contribution in [3.05, 3.63) is 11.6 Å². The Hall–Kier alpha value is -3.62. The summed E-state index contributed by atoms with van der Waals surface area (Å²) in [5.74, 6) is 2.91. The van der Waals surface area contributed by atoms with Crippen molar-refractivity contribution in [2.24, 2.45) is 95.7 Å². The molecule has 5 aliphatic carbocycles. The number of guanidine groups is 3. The van der Waals surface area contributed by atoms with E-state index < -0.39 is 122 Å². The molecule has 0 spiro atoms. The molecule has 1 amide bonds. The van der Waals surface area contributed by atoms with E-state index >= 15 is 0 Å². The third-order valence-corrected chi connectivity index (χ3v) is 17.9. The molecule has 4 saturated carbocycles. The number of aliphatic imine (C=N–C) groups is 3. The third-order valence-electron chi connectivity index (χ3n) is 17.9. The zero-order chi connectivity index (χ0) is 52.6. The number of carbonyl (C=O) groups excluding carboxylic acids is 1. The van der Waals surface area contributed by atoms with Crippen molar-refractivity contribution >= 4 is 24.0 Å². The molecule has 0 radical (unpaired) electrons. The number of hydrogen-bond donors (Lipinski definition) is 14. The summed E-state index contributed by atoms with van der Waals surface area (Å²) >= 11 is 0. The van der Waals surface area contributed by atoms with Gasteiger partial charge in [0.05, 0.1) is 18.7 Å². The van der Waals surface area contributed by atoms with Gasteiger partial charge in [0.2, 0.25) is 0 Å². The van der Waals surface area contributed by atoms with Crippen LogP contribution in [-0.2, 0) is 23.7 Å². The zero-order valence-corrected chi connectivity index (χ0v) is 42.6. The summed E-state index contributed by atoms with van der Waals surface area (Å²) in [6.07, 6.45) is -6.41. The fraction of sp³-hybridized carbons (Fsp3) is 0.878. The van der Waals surface area contributed by atoms with Gasteiger partial charge in [0.25, 0.3) is 0 Å². The molecule has 23 nitrogen and oxygen atoms in total. The van der Waals surface area contributed by atoms with Gasteiger partial charge >= 0.3 is 6.09 Å². The molecular formula is C49H86N10O13. The smallest absolute Gasteiger partial charge is 0.407 e. The molecule has 0 aromatic carbocycles. The van der Waals surface area contributed by atoms with Gasteiger partial charge in [-0.05, 0) is 97.7 Å². The van der Waals surface area contributed by atoms with Crippen molar-refractivity contribution in [1.29, 1.82) is 0 Å². The summed E-state index contributed by atoms with van der Waals surface area (Å²) in [7, 11) is 0. The van der Waals surface area contributed by atoms with E-state index in [0.717, 1.165) is 36.5 Å². The number of aliphatic hydroxyl groups is 7. The summed E-state index contributed by atoms with van der Waals surface area (Å²) in [6.45, 7) is 11.0. The van der Waals surface area contributed by atoms with Crippen LogP contribution in [0.15, 0.2) is 26.6 Å². The summed E-state index contributed by atoms with van der Waals surface area (Å²) in [4.78, 5) is 25.7. The molecule has 2 heterocycles. The Morgan fingerprint density at radius 2 is 1.38 bits per heavy atom. The van der Waals surface area contributed by atoms with Crippen LogP contribution in [0.25, 0.3) is 0 Å². The molecule has 2 aliphatic heterocycles. The number of hydrogen-bond acceptors (Lipinski definition) is 16. The van der Waals surface area contributed by atoms with Crippen molar-refractivity contribution in [1.82, 2.24) is 5.32 Å². The minimum Gasteiger partial charge on any atom is -0.446 e. The third kappa shape index (κ3) is 11.8. The lowest BCUT2D eigenvalue weighted by atomic mass is 9.47. The van der Waals surface area contributed by atoms with Gasteiger partial charge < -0.3 is 99.1 Å². The number of ether oxygens (including phenoxy) is 5. The van der Waals surface area contributed by atoms with Gasteiger partial charge in [-0.25, -0.2) is 19.8 Å². The number of nitrogens with two attached hydrogens (primary N) is 6. The molecule has 23 atom stereocenters. The van der Waals surface area contributed by atoms with Crippen molar-refractivity contribution < 1.29 is 64.2 Å². The van der Waals surface area contributed by atoms with Crippen LogP contribution in [0.2, 0.25) is 0 Å². The van der Waals surface area contributed by atoms with Gasteiger partial charge in [-0.2, -0.15) is 0 Å². The van der Waals surface area contributed by atoms with Crippen molar-refractivity contribution in [3.63, 3.8) is 0 Å². The second-order valence-electron chi connectivity index (χ2n) is 22.9. The van der Waals surface area contributed by atoms with E-state index in [-0.39, 0.29) is 24.5 Å². The maximum atomic E-state index is 13.4. The molecule has 7 aliphatic rings. The van der Waals surface area contributed by atoms with E-state index in [1.165, 1.54) is 50.5 Å². The first-order chi connectivity index (χ1) is 34.0. The molecule has 72 heavy (non-hydrogen) atoms. The van der Waals surface area contributed by atoms with Crippen LogP contribution in [0, 0.1) is 46.3 Å². The average Bonchev–Trinajstić information content (AvgIpc) is 3.67. The van der Waals surface area contributed by atoms with Gasteiger partial charge in [0.1, 0.15) is 73.2 Å². The fourth-order valence-electron chi connectivity index (χ4n) is 14.3. The molecule has 2 saturated heterocycles. The lowest BCUT2D eigenvalue weighted by Gasteiger charge is -2.58. The Morgan fingerprint density at radius 3 is 1.99 bits per heavy atom. The lowest BCUT2D eigenvalue weighted by Crippen LogP contribution is -2.65. The molecule has 7 rings (SSSR count). The standard InChI is InChI=1S/C49H86N10O13/c1-21(2)7-6-8-22(3)26-11-12-27-25-10-9-23-17-24(13-15-48(23,4)28(25)14-16-49(26,27)5)68-47(67)56-19-31-35(62)37(64)38(65)43(69-31)72-41-30(58-45(52)53)18-29(57-44(50)51)40(39(41)66)71-42-36(63)33(59-46(54)55)34(61)32(20-60)70-42/h9,21-22,24-43,60-66H,6-8,10-20H2,1-5H3,(H,56,67)(H4,50,51,57)(H4,52,53,58)(H4,54,55,59)/t22-,24+,25+,26-,27+,28+,29-,30+,31-,32-,33+,34-,35-,36-,37+,38-,39-,40+,41+,42+,43+,48+,49-/m1/s1. The highest BCUT2D eigenvalue weighted by Gasteiger charge is 2.60. The minimum absolute atomic E-state index is 0.0484. The number of rotatable bonds is 16. The minimum atomic E-state index is -1.91. The van der Waals surface area contributed by atoms with Crippen LogP contribution < -0.4 is 39.7 Å². The number of nitrogens with zero attached hydrogens (tertiary/aromatic N) is 3. The molecular weight excluding hydrogens is 937 g/mol. The highest BCUT2D eigenvalue weighted by Crippen LogP contribution is 2.67. The zero-order valence-electron chi connectivity index (χ0n) is 42.6. The summed E-state index contributed by atoms with van der Waals surface area (Å²) in [6, 6.07) is -3.77. The molecule has 0 aromatic rings. The topological polar surface area (TPSA) is 410 Å². The van der Waals surface area contributed by atoms with Gasteiger partial charge in [0, 0.05) is 13.0 Å². The van der Waals surface area contributed by atoms with Crippen LogP contribution in [0.4, 0.5) is 4.79 Å². The average molecular weight is 1020 g/mol. The number of aliphatic hydroxyl groups excluding tert-OH is 7. The molecule has 6 fully saturated rings. The Bertz CT molecular complexity index is 1970. The highest BCUT2D eigenvalue weighted by atomic mass is 16.7. The monoisotopic (exact) mass is 1020 g/mol. The van der Waals surface area contributed by atoms with Crippen LogP contribution >= 0.6 is 0 Å². The Morgan fingerprint density at radius 1 is 0.750 bits per heavy atom. The fourth-order valence-corrected chi connectivity index (χ4v) is 14.3. The van der Waals surface area contributed by atoms with E-state index in [2.05, 4.69) is 61.0 Å². The summed E-state index contributed by atoms with van der Waals surface area (Å²) in [5.41, 5.74) is 36.0. The molecule has 23 heteroatoms. The maximum Gasteiger partial charge on any atom is 0.407 e. The van der Waals surface area contributed by atoms with Gasteiger partial charge in [-0.15, -0.1) is 0 Å². The van der Waals surface area contributed by atoms with Gasteiger partial charge in [0.15, 0.2) is 30.5 Å². The first kappa shape index (κ1) is 56.1. The van der Waals surface area contributed by atoms with Crippen LogP contribution in [0.3, 0.4) is 0 Å². The highest BCUT2D eigenvalue weighted by molar-refractivity contribution is 5.77. The van der Waals surface area contributed by atoms with Crippen molar-refractivity contribution in [3.8, 4) is 0 Å². The van der Waals surface area contributed by atoms with Crippen LogP contribution in [0.1, 0.15) is 112 Å². The molecule has 20 N–H and O–H groups in total. The number of allylic oxidation sites excluding steroid dienone is 1. The SMILES string of the molecule is CC(C)CCC[C@@H](C)[C@H]1CC[C@H]2[C@@H]3CC=C4C[C@@H](OC(=O)NC[C@H]5O[C@@H](O[C@@H]6[C@H](O)[C@@H](O[C@@H]7O[C@H](CO)[C@@H](O)[C@H](N=C(N)N)[C@H]7O)[C@H](N=C(N)N)C[C@@H]6N=C(N)N)[C@H](O)[C@@H](O)[C@@H]5O)CC[C@]4(C)[C@H]3CC[C@]12C. The second kappa shape index (κ2) is 23.1. The van der Waals surface area contributed by atoms with Crippen LogP contribution in [-0.4, -0.2) is 171 Å². The molecule has 0 unspecified atom stereocenters. The lowest BCUT2D eigenvalue weighted by molar-refractivity contribution is -0.332. The number of amides is 1. The maximum absolute atomic E-state index is 13.4. The van der Waals surface area contributed by atoms with Gasteiger partial charge in [-0.3, -0.25) is 0 Å². The number of alkyl carbamates (subject to hydrolysis) is 1. The molecule has 0 bridgehead atoms. The second-order valence-corrected chi connectivity index (χ2v) is 22.9. The van der Waals surface area contributed by atoms with E-state index in [1.807, 2.05) is 0 Å². The normalized spacial score (nSPS) is 44.3. The predicted octanol–water partition coefficient (Wildman–Crippen LogP) is -1.17. The van der Waals surface area contributed by atoms with E-state index in [9.17, 15) is 40.5 Å². The Kier molecular flexibility index (Phi) is 18.0. The molecule has 410 valence electrons. The van der Waals surface area contributed by atoms with E-state index in [4.69, 9.17) is 58.1 Å². The Labute approximate surface area is 422 Å². The van der Waals surface area contributed by atoms with E-state index in [1.54, 1.807) is 0 Å². The van der Waals surface area contributed by atoms with Gasteiger partial charge in [-0.1, -0.05) is 65.5 Å². The van der Waals surface area contributed by atoms with E-state index in [0.29, 0.717) is 30.1 Å². The van der Waals surface area contributed by atoms with Crippen LogP contribution in [0.5, 0.6) is 0 Å². The Balaban J connectivity index is 0.984. The first-order valence-corrected chi connectivity index (χ1v) is 26.2. The first-order valence-electron chi connectivity index (χ1n) is 26.2. The summed E-state index contributed by atoms with van der Waals surface area (Å²) < 4.78 is 29.9.